The Labute approximate surface area is 185 Å². The fourth-order valence-electron chi connectivity index (χ4n) is 3.26. The third-order valence-electron chi connectivity index (χ3n) is 4.64. The van der Waals surface area contributed by atoms with Crippen LogP contribution < -0.4 is 10.6 Å². The van der Waals surface area contributed by atoms with E-state index in [0.717, 1.165) is 31.3 Å². The van der Waals surface area contributed by atoms with Crippen molar-refractivity contribution < 1.29 is 5.11 Å². The van der Waals surface area contributed by atoms with Gasteiger partial charge in [-0.3, -0.25) is 5.32 Å². The molecule has 3 nitrogen and oxygen atoms in total. The Bertz CT molecular complexity index is 1040. The van der Waals surface area contributed by atoms with Crippen LogP contribution in [-0.2, 0) is 0 Å². The van der Waals surface area contributed by atoms with Gasteiger partial charge in [-0.15, -0.1) is 0 Å². The summed E-state index contributed by atoms with van der Waals surface area (Å²) in [5, 5.41) is 18.1. The smallest absolute Gasteiger partial charge is 0.120 e. The number of hydrogen-bond acceptors (Lipinski definition) is 3. The summed E-state index contributed by atoms with van der Waals surface area (Å²) in [6, 6.07) is 21.2. The SMILES string of the molecule is Oc1ccc(Cl)cc1C1C=C(c2cccc(Br)c2)NC(c2ccc(Br)cc2)N1. The van der Waals surface area contributed by atoms with Crippen molar-refractivity contribution in [3.05, 3.63) is 103 Å². The Hall–Kier alpha value is -1.79. The molecule has 0 saturated carbocycles. The number of rotatable bonds is 3. The number of nitrogens with one attached hydrogen (secondary N) is 2. The van der Waals surface area contributed by atoms with Gasteiger partial charge in [0.05, 0.1) is 6.04 Å². The fraction of sp³-hybridized carbons (Fsp3) is 0.0909. The first kappa shape index (κ1) is 19.5. The first-order valence-electron chi connectivity index (χ1n) is 8.74. The van der Waals surface area contributed by atoms with Crippen LogP contribution in [0.25, 0.3) is 5.70 Å². The summed E-state index contributed by atoms with van der Waals surface area (Å²) in [4.78, 5) is 0. The maximum absolute atomic E-state index is 10.4. The normalized spacial score (nSPS) is 19.0. The third kappa shape index (κ3) is 4.28. The number of phenolic OH excluding ortho intramolecular Hbond substituents is 1. The summed E-state index contributed by atoms with van der Waals surface area (Å²) in [6.45, 7) is 0. The molecule has 142 valence electrons. The zero-order valence-electron chi connectivity index (χ0n) is 14.7. The van der Waals surface area contributed by atoms with Crippen molar-refractivity contribution in [1.82, 2.24) is 10.6 Å². The van der Waals surface area contributed by atoms with Gasteiger partial charge in [-0.2, -0.15) is 0 Å². The van der Waals surface area contributed by atoms with Crippen molar-refractivity contribution >= 4 is 49.2 Å². The van der Waals surface area contributed by atoms with Crippen LogP contribution in [-0.4, -0.2) is 5.11 Å². The van der Waals surface area contributed by atoms with Gasteiger partial charge in [0.25, 0.3) is 0 Å². The highest BCUT2D eigenvalue weighted by Gasteiger charge is 2.25. The van der Waals surface area contributed by atoms with Crippen molar-refractivity contribution in [2.45, 2.75) is 12.2 Å². The lowest BCUT2D eigenvalue weighted by molar-refractivity contribution is 0.419. The minimum Gasteiger partial charge on any atom is -0.508 e. The van der Waals surface area contributed by atoms with E-state index in [4.69, 9.17) is 11.6 Å². The molecule has 0 radical (unpaired) electrons. The van der Waals surface area contributed by atoms with Crippen molar-refractivity contribution in [3.63, 3.8) is 0 Å². The molecule has 0 spiro atoms. The molecule has 3 N–H and O–H groups in total. The lowest BCUT2D eigenvalue weighted by atomic mass is 9.98. The van der Waals surface area contributed by atoms with Gasteiger partial charge in [0.2, 0.25) is 0 Å². The average molecular weight is 521 g/mol. The van der Waals surface area contributed by atoms with Crippen molar-refractivity contribution in [3.8, 4) is 5.75 Å². The number of benzene rings is 3. The van der Waals surface area contributed by atoms with Gasteiger partial charge in [0.1, 0.15) is 11.9 Å². The van der Waals surface area contributed by atoms with Gasteiger partial charge in [-0.1, -0.05) is 67.7 Å². The van der Waals surface area contributed by atoms with E-state index in [1.807, 2.05) is 24.3 Å². The predicted octanol–water partition coefficient (Wildman–Crippen LogP) is 6.54. The van der Waals surface area contributed by atoms with Gasteiger partial charge in [0.15, 0.2) is 0 Å². The molecule has 1 aliphatic heterocycles. The maximum Gasteiger partial charge on any atom is 0.120 e. The van der Waals surface area contributed by atoms with Crippen LogP contribution in [0.2, 0.25) is 5.02 Å². The first-order valence-corrected chi connectivity index (χ1v) is 10.7. The van der Waals surface area contributed by atoms with E-state index in [1.54, 1.807) is 18.2 Å². The van der Waals surface area contributed by atoms with E-state index < -0.39 is 0 Å². The number of halogens is 3. The number of phenols is 1. The van der Waals surface area contributed by atoms with Crippen LogP contribution in [0.15, 0.2) is 81.8 Å². The van der Waals surface area contributed by atoms with Gasteiger partial charge < -0.3 is 10.4 Å². The second-order valence-corrected chi connectivity index (χ2v) is 8.83. The molecule has 0 fully saturated rings. The van der Waals surface area contributed by atoms with Crippen LogP contribution in [0.4, 0.5) is 0 Å². The zero-order chi connectivity index (χ0) is 19.7. The largest absolute Gasteiger partial charge is 0.508 e. The van der Waals surface area contributed by atoms with Crippen LogP contribution in [0, 0.1) is 0 Å². The molecule has 6 heteroatoms. The zero-order valence-corrected chi connectivity index (χ0v) is 18.6. The monoisotopic (exact) mass is 518 g/mol. The number of hydrogen-bond donors (Lipinski definition) is 3. The van der Waals surface area contributed by atoms with Crippen molar-refractivity contribution in [2.75, 3.05) is 0 Å². The molecule has 0 amide bonds. The Balaban J connectivity index is 1.78. The first-order chi connectivity index (χ1) is 13.5. The lowest BCUT2D eigenvalue weighted by Crippen LogP contribution is -2.39. The Kier molecular flexibility index (Phi) is 5.78. The van der Waals surface area contributed by atoms with Crippen LogP contribution in [0.5, 0.6) is 5.75 Å². The topological polar surface area (TPSA) is 44.3 Å². The standard InChI is InChI=1S/C22H17Br2ClN2O/c23-15-6-4-13(5-7-15)22-26-19(14-2-1-3-16(24)10-14)12-20(27-22)18-11-17(25)8-9-21(18)28/h1-12,20,22,26-28H. The molecule has 3 aromatic carbocycles. The molecule has 3 aromatic rings. The van der Waals surface area contributed by atoms with E-state index in [0.29, 0.717) is 5.02 Å². The van der Waals surface area contributed by atoms with Crippen molar-refractivity contribution in [1.29, 1.82) is 0 Å². The summed E-state index contributed by atoms with van der Waals surface area (Å²) in [5.74, 6) is 0.211. The third-order valence-corrected chi connectivity index (χ3v) is 5.90. The molecule has 1 heterocycles. The van der Waals surface area contributed by atoms with Crippen LogP contribution in [0.1, 0.15) is 28.9 Å². The molecule has 4 rings (SSSR count). The fourth-order valence-corrected chi connectivity index (χ4v) is 4.11. The quantitative estimate of drug-likeness (QED) is 0.367. The molecular formula is C22H17Br2ClN2O. The average Bonchev–Trinajstić information content (AvgIpc) is 2.70. The van der Waals surface area contributed by atoms with Gasteiger partial charge >= 0.3 is 0 Å². The van der Waals surface area contributed by atoms with E-state index in [-0.39, 0.29) is 18.0 Å². The van der Waals surface area contributed by atoms with Crippen molar-refractivity contribution in [2.24, 2.45) is 0 Å². The second kappa shape index (κ2) is 8.29. The van der Waals surface area contributed by atoms with E-state index >= 15 is 0 Å². The minimum atomic E-state index is -0.206. The molecule has 0 saturated heterocycles. The van der Waals surface area contributed by atoms with Gasteiger partial charge in [-0.25, -0.2) is 0 Å². The molecule has 1 aliphatic rings. The second-order valence-electron chi connectivity index (χ2n) is 6.57. The number of aromatic hydroxyl groups is 1. The molecular weight excluding hydrogens is 504 g/mol. The summed E-state index contributed by atoms with van der Waals surface area (Å²) in [5.41, 5.74) is 3.88. The van der Waals surface area contributed by atoms with E-state index in [9.17, 15) is 5.11 Å². The summed E-state index contributed by atoms with van der Waals surface area (Å²) < 4.78 is 2.03. The highest BCUT2D eigenvalue weighted by molar-refractivity contribution is 9.10. The molecule has 0 bridgehead atoms. The molecule has 2 unspecified atom stereocenters. The summed E-state index contributed by atoms with van der Waals surface area (Å²) in [7, 11) is 0. The Morgan fingerprint density at radius 3 is 2.43 bits per heavy atom. The van der Waals surface area contributed by atoms with Gasteiger partial charge in [-0.05, 0) is 59.7 Å². The highest BCUT2D eigenvalue weighted by atomic mass is 79.9. The molecule has 0 aliphatic carbocycles. The summed E-state index contributed by atoms with van der Waals surface area (Å²) >= 11 is 13.2. The van der Waals surface area contributed by atoms with Gasteiger partial charge in [0, 0.05) is 25.2 Å². The molecule has 0 aromatic heterocycles. The minimum absolute atomic E-state index is 0.129. The Morgan fingerprint density at radius 2 is 1.68 bits per heavy atom. The lowest BCUT2D eigenvalue weighted by Gasteiger charge is -2.33. The summed E-state index contributed by atoms with van der Waals surface area (Å²) in [6.07, 6.45) is 1.94. The Morgan fingerprint density at radius 1 is 0.893 bits per heavy atom. The van der Waals surface area contributed by atoms with E-state index in [1.165, 1.54) is 0 Å². The maximum atomic E-state index is 10.4. The van der Waals surface area contributed by atoms with Crippen LogP contribution >= 0.6 is 43.5 Å². The molecule has 28 heavy (non-hydrogen) atoms. The molecule has 2 atom stereocenters. The van der Waals surface area contributed by atoms with E-state index in [2.05, 4.69) is 72.8 Å². The predicted molar refractivity (Wildman–Crippen MR) is 121 cm³/mol. The van der Waals surface area contributed by atoms with Crippen LogP contribution in [0.3, 0.4) is 0 Å². The highest BCUT2D eigenvalue weighted by Crippen LogP contribution is 2.35.